The van der Waals surface area contributed by atoms with E-state index in [0.29, 0.717) is 0 Å². The van der Waals surface area contributed by atoms with Crippen molar-refractivity contribution in [2.45, 2.75) is 26.0 Å². The third kappa shape index (κ3) is 4.29. The minimum absolute atomic E-state index is 0.255. The zero-order valence-electron chi connectivity index (χ0n) is 18.2. The molecule has 1 unspecified atom stereocenters. The van der Waals surface area contributed by atoms with Gasteiger partial charge in [-0.1, -0.05) is 0 Å². The SMILES string of the molecule is COc1ccc(N2CCN(c3ccc(-n4cnn(C(C)[C@H](C)O)c4=O)cc3)CC2)cc1. The van der Waals surface area contributed by atoms with Crippen LogP contribution in [-0.2, 0) is 0 Å². The molecule has 8 heteroatoms. The van der Waals surface area contributed by atoms with Gasteiger partial charge in [0.15, 0.2) is 0 Å². The van der Waals surface area contributed by atoms with Crippen LogP contribution < -0.4 is 20.2 Å². The predicted molar refractivity (Wildman–Crippen MR) is 122 cm³/mol. The van der Waals surface area contributed by atoms with Gasteiger partial charge in [-0.25, -0.2) is 14.0 Å². The zero-order chi connectivity index (χ0) is 22.0. The predicted octanol–water partition coefficient (Wildman–Crippen LogP) is 2.31. The number of aromatic nitrogens is 3. The van der Waals surface area contributed by atoms with E-state index in [4.69, 9.17) is 4.74 Å². The average Bonchev–Trinajstić information content (AvgIpc) is 3.20. The fraction of sp³-hybridized carbons (Fsp3) is 0.391. The Morgan fingerprint density at radius 3 is 1.84 bits per heavy atom. The van der Waals surface area contributed by atoms with Gasteiger partial charge in [0.25, 0.3) is 0 Å². The van der Waals surface area contributed by atoms with E-state index >= 15 is 0 Å². The minimum atomic E-state index is -0.653. The van der Waals surface area contributed by atoms with Crippen molar-refractivity contribution in [3.05, 3.63) is 65.3 Å². The van der Waals surface area contributed by atoms with Gasteiger partial charge in [-0.05, 0) is 62.4 Å². The van der Waals surface area contributed by atoms with Crippen molar-refractivity contribution in [3.63, 3.8) is 0 Å². The Kier molecular flexibility index (Phi) is 5.99. The van der Waals surface area contributed by atoms with Crippen molar-refractivity contribution in [2.24, 2.45) is 0 Å². The molecule has 1 fully saturated rings. The van der Waals surface area contributed by atoms with E-state index in [1.165, 1.54) is 21.3 Å². The maximum atomic E-state index is 12.6. The van der Waals surface area contributed by atoms with Crippen LogP contribution in [-0.4, -0.2) is 58.8 Å². The lowest BCUT2D eigenvalue weighted by Crippen LogP contribution is -2.46. The fourth-order valence-electron chi connectivity index (χ4n) is 3.82. The summed E-state index contributed by atoms with van der Waals surface area (Å²) in [5, 5.41) is 13.9. The Morgan fingerprint density at radius 2 is 1.35 bits per heavy atom. The molecule has 0 saturated carbocycles. The lowest BCUT2D eigenvalue weighted by Gasteiger charge is -2.37. The normalized spacial score (nSPS) is 16.3. The minimum Gasteiger partial charge on any atom is -0.497 e. The smallest absolute Gasteiger partial charge is 0.350 e. The quantitative estimate of drug-likeness (QED) is 0.656. The largest absolute Gasteiger partial charge is 0.497 e. The highest BCUT2D eigenvalue weighted by Crippen LogP contribution is 2.23. The Hall–Kier alpha value is -3.26. The Morgan fingerprint density at radius 1 is 0.871 bits per heavy atom. The van der Waals surface area contributed by atoms with Crippen molar-refractivity contribution >= 4 is 11.4 Å². The summed E-state index contributed by atoms with van der Waals surface area (Å²) in [6, 6.07) is 15.8. The van der Waals surface area contributed by atoms with Crippen LogP contribution in [0.15, 0.2) is 59.7 Å². The van der Waals surface area contributed by atoms with Gasteiger partial charge in [0.1, 0.15) is 12.1 Å². The van der Waals surface area contributed by atoms with Crippen molar-refractivity contribution in [3.8, 4) is 11.4 Å². The molecular formula is C23H29N5O3. The standard InChI is InChI=1S/C23H29N5O3/c1-17(18(2)29)28-23(30)27(16-24-28)21-6-4-19(5-7-21)25-12-14-26(15-13-25)20-8-10-22(31-3)11-9-20/h4-11,16-18,29H,12-15H2,1-3H3/t17?,18-/m0/s1. The molecule has 4 rings (SSSR count). The molecule has 2 heterocycles. The van der Waals surface area contributed by atoms with Crippen LogP contribution in [0.1, 0.15) is 19.9 Å². The first kappa shape index (κ1) is 21.0. The molecule has 0 amide bonds. The molecule has 1 saturated heterocycles. The van der Waals surface area contributed by atoms with E-state index in [-0.39, 0.29) is 11.7 Å². The highest BCUT2D eigenvalue weighted by molar-refractivity contribution is 5.54. The number of aliphatic hydroxyl groups excluding tert-OH is 1. The first-order valence-electron chi connectivity index (χ1n) is 10.6. The number of benzene rings is 2. The summed E-state index contributed by atoms with van der Waals surface area (Å²) in [7, 11) is 1.68. The Labute approximate surface area is 181 Å². The van der Waals surface area contributed by atoms with E-state index in [0.717, 1.165) is 43.3 Å². The summed E-state index contributed by atoms with van der Waals surface area (Å²) < 4.78 is 8.06. The van der Waals surface area contributed by atoms with Crippen LogP contribution in [0.25, 0.3) is 5.69 Å². The third-order valence-corrected chi connectivity index (χ3v) is 5.99. The summed E-state index contributed by atoms with van der Waals surface area (Å²) >= 11 is 0. The van der Waals surface area contributed by atoms with E-state index in [1.807, 2.05) is 36.4 Å². The molecule has 1 aromatic heterocycles. The fourth-order valence-corrected chi connectivity index (χ4v) is 3.82. The van der Waals surface area contributed by atoms with Crippen LogP contribution in [0, 0.1) is 0 Å². The number of piperazine rings is 1. The molecule has 0 aliphatic carbocycles. The average molecular weight is 424 g/mol. The number of aliphatic hydroxyl groups is 1. The molecule has 0 spiro atoms. The van der Waals surface area contributed by atoms with Crippen LogP contribution in [0.5, 0.6) is 5.75 Å². The van der Waals surface area contributed by atoms with Gasteiger partial charge in [-0.15, -0.1) is 0 Å². The van der Waals surface area contributed by atoms with Gasteiger partial charge in [-0.3, -0.25) is 0 Å². The molecule has 3 aromatic rings. The van der Waals surface area contributed by atoms with Crippen LogP contribution in [0.4, 0.5) is 11.4 Å². The van der Waals surface area contributed by atoms with Crippen molar-refractivity contribution < 1.29 is 9.84 Å². The highest BCUT2D eigenvalue weighted by atomic mass is 16.5. The van der Waals surface area contributed by atoms with Gasteiger partial charge in [0, 0.05) is 37.6 Å². The van der Waals surface area contributed by atoms with E-state index < -0.39 is 6.10 Å². The highest BCUT2D eigenvalue weighted by Gasteiger charge is 2.19. The number of methoxy groups -OCH3 is 1. The first-order valence-corrected chi connectivity index (χ1v) is 10.6. The van der Waals surface area contributed by atoms with Crippen molar-refractivity contribution in [1.82, 2.24) is 14.3 Å². The molecule has 164 valence electrons. The van der Waals surface area contributed by atoms with Crippen molar-refractivity contribution in [2.75, 3.05) is 43.1 Å². The van der Waals surface area contributed by atoms with Crippen LogP contribution in [0.3, 0.4) is 0 Å². The van der Waals surface area contributed by atoms with Crippen LogP contribution in [0.2, 0.25) is 0 Å². The number of ether oxygens (including phenoxy) is 1. The molecular weight excluding hydrogens is 394 g/mol. The topological polar surface area (TPSA) is 75.8 Å². The van der Waals surface area contributed by atoms with Gasteiger partial charge < -0.3 is 19.6 Å². The summed E-state index contributed by atoms with van der Waals surface area (Å²) in [4.78, 5) is 17.4. The molecule has 0 bridgehead atoms. The maximum absolute atomic E-state index is 12.6. The Balaban J connectivity index is 1.42. The van der Waals surface area contributed by atoms with Crippen LogP contribution >= 0.6 is 0 Å². The maximum Gasteiger partial charge on any atom is 0.350 e. The molecule has 1 aliphatic rings. The number of anilines is 2. The lowest BCUT2D eigenvalue weighted by atomic mass is 10.2. The molecule has 2 aromatic carbocycles. The second kappa shape index (κ2) is 8.85. The lowest BCUT2D eigenvalue weighted by molar-refractivity contribution is 0.130. The second-order valence-corrected chi connectivity index (χ2v) is 7.90. The van der Waals surface area contributed by atoms with Crippen molar-refractivity contribution in [1.29, 1.82) is 0 Å². The number of rotatable bonds is 6. The zero-order valence-corrected chi connectivity index (χ0v) is 18.2. The first-order chi connectivity index (χ1) is 15.0. The summed E-state index contributed by atoms with van der Waals surface area (Å²) in [6.07, 6.45) is 0.851. The number of nitrogens with zero attached hydrogens (tertiary/aromatic N) is 5. The summed E-state index contributed by atoms with van der Waals surface area (Å²) in [5.41, 5.74) is 2.85. The number of hydrogen-bond donors (Lipinski definition) is 1. The van der Waals surface area contributed by atoms with Gasteiger partial charge >= 0.3 is 5.69 Å². The Bertz CT molecular complexity index is 1050. The monoisotopic (exact) mass is 423 g/mol. The second-order valence-electron chi connectivity index (χ2n) is 7.90. The van der Waals surface area contributed by atoms with Gasteiger partial charge in [0.05, 0.1) is 24.9 Å². The van der Waals surface area contributed by atoms with E-state index in [2.05, 4.69) is 27.0 Å². The molecule has 31 heavy (non-hydrogen) atoms. The summed E-state index contributed by atoms with van der Waals surface area (Å²) in [6.45, 7) is 7.16. The molecule has 1 aliphatic heterocycles. The molecule has 8 nitrogen and oxygen atoms in total. The molecule has 2 atom stereocenters. The van der Waals surface area contributed by atoms with Gasteiger partial charge in [-0.2, -0.15) is 5.10 Å². The molecule has 1 N–H and O–H groups in total. The summed E-state index contributed by atoms with van der Waals surface area (Å²) in [5.74, 6) is 0.868. The third-order valence-electron chi connectivity index (χ3n) is 5.99. The van der Waals surface area contributed by atoms with E-state index in [1.54, 1.807) is 21.0 Å². The molecule has 0 radical (unpaired) electrons. The van der Waals surface area contributed by atoms with Gasteiger partial charge in [0.2, 0.25) is 0 Å². The number of hydrogen-bond acceptors (Lipinski definition) is 6. The van der Waals surface area contributed by atoms with E-state index in [9.17, 15) is 9.90 Å².